The van der Waals surface area contributed by atoms with E-state index in [4.69, 9.17) is 15.1 Å². The van der Waals surface area contributed by atoms with E-state index in [0.29, 0.717) is 49.7 Å². The second-order valence-electron chi connectivity index (χ2n) is 12.2. The molecule has 0 saturated carbocycles. The van der Waals surface area contributed by atoms with Gasteiger partial charge in [-0.15, -0.1) is 0 Å². The number of benzene rings is 3. The molecule has 1 aliphatic rings. The summed E-state index contributed by atoms with van der Waals surface area (Å²) < 4.78 is 30.9. The monoisotopic (exact) mass is 594 g/mol. The SMILES string of the molecule is Cc1nn(-c2ccccc2)c2nc(Cc3ccccc3)nc(N3CCCN(S(=O)(=O)c4ccc(C(C)(C)C)cc4)CC3)c12. The van der Waals surface area contributed by atoms with E-state index in [-0.39, 0.29) is 5.41 Å². The van der Waals surface area contributed by atoms with Gasteiger partial charge in [0.05, 0.1) is 21.7 Å². The van der Waals surface area contributed by atoms with Crippen molar-refractivity contribution in [3.8, 4) is 5.69 Å². The Morgan fingerprint density at radius 1 is 0.791 bits per heavy atom. The number of aryl methyl sites for hydroxylation is 1. The smallest absolute Gasteiger partial charge is 0.243 e. The minimum atomic E-state index is -3.63. The highest BCUT2D eigenvalue weighted by molar-refractivity contribution is 7.89. The Kier molecular flexibility index (Phi) is 7.79. The van der Waals surface area contributed by atoms with Gasteiger partial charge in [0.25, 0.3) is 0 Å². The lowest BCUT2D eigenvalue weighted by molar-refractivity contribution is 0.433. The third kappa shape index (κ3) is 5.92. The highest BCUT2D eigenvalue weighted by Crippen LogP contribution is 2.31. The van der Waals surface area contributed by atoms with Crippen LogP contribution in [0.25, 0.3) is 16.7 Å². The molecule has 0 unspecified atom stereocenters. The van der Waals surface area contributed by atoms with Crippen molar-refractivity contribution in [3.63, 3.8) is 0 Å². The van der Waals surface area contributed by atoms with Crippen LogP contribution in [0.1, 0.15) is 49.8 Å². The Bertz CT molecular complexity index is 1830. The molecule has 1 fully saturated rings. The van der Waals surface area contributed by atoms with E-state index in [9.17, 15) is 8.42 Å². The molecule has 0 atom stereocenters. The molecule has 0 spiro atoms. The first kappa shape index (κ1) is 29.0. The van der Waals surface area contributed by atoms with Gasteiger partial charge in [-0.3, -0.25) is 0 Å². The van der Waals surface area contributed by atoms with Crippen LogP contribution in [0.5, 0.6) is 0 Å². The first-order chi connectivity index (χ1) is 20.6. The van der Waals surface area contributed by atoms with E-state index >= 15 is 0 Å². The number of para-hydroxylation sites is 1. The number of hydrogen-bond donors (Lipinski definition) is 0. The molecule has 0 aliphatic carbocycles. The molecule has 6 rings (SSSR count). The molecule has 2 aromatic heterocycles. The fourth-order valence-electron chi connectivity index (χ4n) is 5.66. The van der Waals surface area contributed by atoms with Crippen LogP contribution in [-0.4, -0.2) is 58.7 Å². The summed E-state index contributed by atoms with van der Waals surface area (Å²) in [6.45, 7) is 10.4. The number of sulfonamides is 1. The summed E-state index contributed by atoms with van der Waals surface area (Å²) in [6.07, 6.45) is 1.27. The van der Waals surface area contributed by atoms with Gasteiger partial charge in [0.2, 0.25) is 10.0 Å². The Morgan fingerprint density at radius 3 is 2.14 bits per heavy atom. The van der Waals surface area contributed by atoms with E-state index in [1.807, 2.05) is 72.3 Å². The van der Waals surface area contributed by atoms with Crippen molar-refractivity contribution >= 4 is 26.9 Å². The lowest BCUT2D eigenvalue weighted by Crippen LogP contribution is -2.35. The van der Waals surface area contributed by atoms with E-state index < -0.39 is 10.0 Å². The molecule has 9 heteroatoms. The molecular formula is C34H38N6O2S. The Morgan fingerprint density at radius 2 is 1.47 bits per heavy atom. The maximum absolute atomic E-state index is 13.7. The average Bonchev–Trinajstić information content (AvgIpc) is 3.16. The van der Waals surface area contributed by atoms with Crippen LogP contribution >= 0.6 is 0 Å². The summed E-state index contributed by atoms with van der Waals surface area (Å²) in [4.78, 5) is 12.7. The van der Waals surface area contributed by atoms with Gasteiger partial charge in [-0.25, -0.2) is 23.1 Å². The van der Waals surface area contributed by atoms with Crippen LogP contribution in [-0.2, 0) is 21.9 Å². The zero-order valence-electron chi connectivity index (χ0n) is 25.2. The quantitative estimate of drug-likeness (QED) is 0.243. The Labute approximate surface area is 254 Å². The van der Waals surface area contributed by atoms with E-state index in [1.165, 1.54) is 0 Å². The summed E-state index contributed by atoms with van der Waals surface area (Å²) >= 11 is 0. The highest BCUT2D eigenvalue weighted by Gasteiger charge is 2.29. The lowest BCUT2D eigenvalue weighted by Gasteiger charge is -2.24. The van der Waals surface area contributed by atoms with E-state index in [2.05, 4.69) is 37.8 Å². The standard InChI is InChI=1S/C34H38N6O2S/c1-25-31-32(38-20-11-21-39(23-22-38)43(41,42)29-18-16-27(17-19-29)34(2,3)4)35-30(24-26-12-7-5-8-13-26)36-33(31)40(37-25)28-14-9-6-10-15-28/h5-10,12-19H,11,20-24H2,1-4H3. The van der Waals surface area contributed by atoms with Crippen molar-refractivity contribution in [2.24, 2.45) is 0 Å². The van der Waals surface area contributed by atoms with Gasteiger partial charge in [-0.1, -0.05) is 81.4 Å². The van der Waals surface area contributed by atoms with Crippen molar-refractivity contribution < 1.29 is 8.42 Å². The number of aromatic nitrogens is 4. The van der Waals surface area contributed by atoms with Gasteiger partial charge < -0.3 is 4.90 Å². The fraction of sp³-hybridized carbons (Fsp3) is 0.324. The summed E-state index contributed by atoms with van der Waals surface area (Å²) in [5.74, 6) is 1.52. The van der Waals surface area contributed by atoms with Crippen LogP contribution in [0, 0.1) is 6.92 Å². The molecule has 43 heavy (non-hydrogen) atoms. The third-order valence-electron chi connectivity index (χ3n) is 8.05. The molecule has 1 saturated heterocycles. The molecule has 222 valence electrons. The number of rotatable bonds is 6. The first-order valence-corrected chi connectivity index (χ1v) is 16.3. The van der Waals surface area contributed by atoms with E-state index in [0.717, 1.165) is 39.4 Å². The minimum absolute atomic E-state index is 0.0416. The van der Waals surface area contributed by atoms with Crippen molar-refractivity contribution in [1.29, 1.82) is 0 Å². The van der Waals surface area contributed by atoms with Crippen LogP contribution in [0.4, 0.5) is 5.82 Å². The molecular weight excluding hydrogens is 556 g/mol. The van der Waals surface area contributed by atoms with Crippen molar-refractivity contribution in [1.82, 2.24) is 24.1 Å². The Balaban J connectivity index is 1.35. The minimum Gasteiger partial charge on any atom is -0.355 e. The normalized spacial score (nSPS) is 15.1. The average molecular weight is 595 g/mol. The first-order valence-electron chi connectivity index (χ1n) is 14.8. The molecule has 0 N–H and O–H groups in total. The van der Waals surface area contributed by atoms with Gasteiger partial charge >= 0.3 is 0 Å². The second-order valence-corrected chi connectivity index (χ2v) is 14.1. The van der Waals surface area contributed by atoms with Gasteiger partial charge in [0.1, 0.15) is 11.6 Å². The number of fused-ring (bicyclic) bond motifs is 1. The van der Waals surface area contributed by atoms with Crippen molar-refractivity contribution in [3.05, 3.63) is 108 Å². The zero-order chi connectivity index (χ0) is 30.2. The van der Waals surface area contributed by atoms with Crippen LogP contribution in [0.3, 0.4) is 0 Å². The van der Waals surface area contributed by atoms with Crippen LogP contribution in [0.2, 0.25) is 0 Å². The molecule has 0 amide bonds. The Hall–Kier alpha value is -4.08. The summed E-state index contributed by atoms with van der Waals surface area (Å²) in [7, 11) is -3.63. The van der Waals surface area contributed by atoms with E-state index in [1.54, 1.807) is 16.4 Å². The van der Waals surface area contributed by atoms with Gasteiger partial charge in [-0.05, 0) is 54.2 Å². The largest absolute Gasteiger partial charge is 0.355 e. The predicted molar refractivity (Wildman–Crippen MR) is 171 cm³/mol. The molecule has 1 aliphatic heterocycles. The fourth-order valence-corrected chi connectivity index (χ4v) is 7.13. The lowest BCUT2D eigenvalue weighted by atomic mass is 9.87. The maximum atomic E-state index is 13.7. The third-order valence-corrected chi connectivity index (χ3v) is 9.96. The summed E-state index contributed by atoms with van der Waals surface area (Å²) in [5.41, 5.74) is 4.72. The zero-order valence-corrected chi connectivity index (χ0v) is 26.1. The summed E-state index contributed by atoms with van der Waals surface area (Å²) in [5, 5.41) is 5.78. The molecule has 0 bridgehead atoms. The highest BCUT2D eigenvalue weighted by atomic mass is 32.2. The summed E-state index contributed by atoms with van der Waals surface area (Å²) in [6, 6.07) is 27.5. The predicted octanol–water partition coefficient (Wildman–Crippen LogP) is 5.91. The maximum Gasteiger partial charge on any atom is 0.243 e. The number of hydrogen-bond acceptors (Lipinski definition) is 6. The second kappa shape index (κ2) is 11.5. The van der Waals surface area contributed by atoms with Gasteiger partial charge in [-0.2, -0.15) is 9.40 Å². The molecule has 3 heterocycles. The van der Waals surface area contributed by atoms with Crippen LogP contribution in [0.15, 0.2) is 89.8 Å². The number of anilines is 1. The molecule has 8 nitrogen and oxygen atoms in total. The molecule has 3 aromatic carbocycles. The molecule has 0 radical (unpaired) electrons. The van der Waals surface area contributed by atoms with Gasteiger partial charge in [0.15, 0.2) is 5.65 Å². The van der Waals surface area contributed by atoms with Crippen molar-refractivity contribution in [2.75, 3.05) is 31.1 Å². The molecule has 5 aromatic rings. The van der Waals surface area contributed by atoms with Gasteiger partial charge in [0, 0.05) is 32.6 Å². The van der Waals surface area contributed by atoms with Crippen molar-refractivity contribution in [2.45, 2.75) is 50.8 Å². The van der Waals surface area contributed by atoms with Crippen LogP contribution < -0.4 is 4.90 Å². The topological polar surface area (TPSA) is 84.2 Å². The number of nitrogens with zero attached hydrogens (tertiary/aromatic N) is 6.